The number of hydrogen-bond donors (Lipinski definition) is 2. The predicted octanol–water partition coefficient (Wildman–Crippen LogP) is 2.23. The monoisotopic (exact) mass is 476 g/mol. The summed E-state index contributed by atoms with van der Waals surface area (Å²) in [5.74, 6) is 0.863. The van der Waals surface area contributed by atoms with Gasteiger partial charge in [0.1, 0.15) is 0 Å². The fraction of sp³-hybridized carbons (Fsp3) is 0.632. The van der Waals surface area contributed by atoms with Crippen LogP contribution in [0.15, 0.2) is 29.3 Å². The molecule has 1 fully saturated rings. The molecule has 0 atom stereocenters. The van der Waals surface area contributed by atoms with E-state index in [2.05, 4.69) is 40.7 Å². The highest BCUT2D eigenvalue weighted by Crippen LogP contribution is 2.11. The van der Waals surface area contributed by atoms with Crippen LogP contribution in [0.2, 0.25) is 0 Å². The van der Waals surface area contributed by atoms with Crippen LogP contribution in [0.1, 0.15) is 25.0 Å². The minimum atomic E-state index is 0. The van der Waals surface area contributed by atoms with E-state index in [9.17, 15) is 0 Å². The van der Waals surface area contributed by atoms with Crippen molar-refractivity contribution in [2.24, 2.45) is 4.99 Å². The number of aliphatic imine (C=N–C) groups is 1. The van der Waals surface area contributed by atoms with Crippen molar-refractivity contribution in [3.8, 4) is 0 Å². The zero-order valence-electron chi connectivity index (χ0n) is 16.0. The van der Waals surface area contributed by atoms with E-state index in [0.29, 0.717) is 13.2 Å². The summed E-state index contributed by atoms with van der Waals surface area (Å²) in [6.45, 7) is 12.6. The van der Waals surface area contributed by atoms with Gasteiger partial charge in [-0.3, -0.25) is 4.90 Å². The highest BCUT2D eigenvalue weighted by molar-refractivity contribution is 14.0. The summed E-state index contributed by atoms with van der Waals surface area (Å²) in [5, 5.41) is 6.74. The van der Waals surface area contributed by atoms with Gasteiger partial charge in [0.25, 0.3) is 0 Å². The fourth-order valence-electron chi connectivity index (χ4n) is 2.73. The molecule has 26 heavy (non-hydrogen) atoms. The van der Waals surface area contributed by atoms with Crippen LogP contribution in [-0.4, -0.2) is 63.4 Å². The van der Waals surface area contributed by atoms with Crippen molar-refractivity contribution in [3.05, 3.63) is 35.4 Å². The SMILES string of the molecule is CCNC(=NCc1ccccc1COCC)NCCN1CCOCC1.I. The van der Waals surface area contributed by atoms with Gasteiger partial charge in [-0.2, -0.15) is 0 Å². The number of ether oxygens (including phenoxy) is 2. The standard InChI is InChI=1S/C19H32N4O2.HI/c1-3-20-19(21-9-10-23-11-13-25-14-12-23)22-15-17-7-5-6-8-18(17)16-24-4-2;/h5-8H,3-4,9-16H2,1-2H3,(H2,20,21,22);1H. The van der Waals surface area contributed by atoms with Gasteiger partial charge < -0.3 is 20.1 Å². The Hall–Kier alpha value is -0.900. The Bertz CT molecular complexity index is 522. The summed E-state index contributed by atoms with van der Waals surface area (Å²) in [4.78, 5) is 7.14. The van der Waals surface area contributed by atoms with Crippen LogP contribution < -0.4 is 10.6 Å². The number of guanidine groups is 1. The number of morpholine rings is 1. The first kappa shape index (κ1) is 23.1. The molecule has 0 saturated carbocycles. The first-order chi connectivity index (χ1) is 12.3. The second kappa shape index (κ2) is 14.2. The Labute approximate surface area is 174 Å². The Balaban J connectivity index is 0.00000338. The summed E-state index contributed by atoms with van der Waals surface area (Å²) < 4.78 is 10.9. The zero-order valence-corrected chi connectivity index (χ0v) is 18.3. The first-order valence-corrected chi connectivity index (χ1v) is 9.30. The molecule has 1 aromatic carbocycles. The summed E-state index contributed by atoms with van der Waals surface area (Å²) >= 11 is 0. The Morgan fingerprint density at radius 2 is 1.88 bits per heavy atom. The van der Waals surface area contributed by atoms with Gasteiger partial charge in [-0.25, -0.2) is 4.99 Å². The van der Waals surface area contributed by atoms with Crippen molar-refractivity contribution in [1.29, 1.82) is 0 Å². The number of benzene rings is 1. The van der Waals surface area contributed by atoms with Crippen LogP contribution in [0.4, 0.5) is 0 Å². The van der Waals surface area contributed by atoms with Crippen LogP contribution in [0.3, 0.4) is 0 Å². The maximum atomic E-state index is 5.55. The molecule has 0 aromatic heterocycles. The lowest BCUT2D eigenvalue weighted by Gasteiger charge is -2.26. The van der Waals surface area contributed by atoms with Crippen molar-refractivity contribution in [3.63, 3.8) is 0 Å². The predicted molar refractivity (Wildman–Crippen MR) is 117 cm³/mol. The van der Waals surface area contributed by atoms with E-state index in [4.69, 9.17) is 14.5 Å². The van der Waals surface area contributed by atoms with E-state index in [1.165, 1.54) is 11.1 Å². The summed E-state index contributed by atoms with van der Waals surface area (Å²) in [7, 11) is 0. The van der Waals surface area contributed by atoms with Gasteiger partial charge in [0.2, 0.25) is 0 Å². The molecule has 7 heteroatoms. The van der Waals surface area contributed by atoms with Gasteiger partial charge in [0.05, 0.1) is 26.4 Å². The molecule has 1 aliphatic rings. The van der Waals surface area contributed by atoms with Gasteiger partial charge in [-0.05, 0) is 25.0 Å². The van der Waals surface area contributed by atoms with Crippen LogP contribution in [0.5, 0.6) is 0 Å². The van der Waals surface area contributed by atoms with E-state index in [-0.39, 0.29) is 24.0 Å². The molecule has 0 radical (unpaired) electrons. The van der Waals surface area contributed by atoms with E-state index in [1.807, 2.05) is 13.0 Å². The topological polar surface area (TPSA) is 58.1 Å². The molecular formula is C19H33IN4O2. The number of rotatable bonds is 9. The van der Waals surface area contributed by atoms with Crippen LogP contribution in [0, 0.1) is 0 Å². The first-order valence-electron chi connectivity index (χ1n) is 9.30. The molecule has 2 rings (SSSR count). The second-order valence-corrected chi connectivity index (χ2v) is 5.98. The van der Waals surface area contributed by atoms with Crippen molar-refractivity contribution in [2.75, 3.05) is 52.5 Å². The molecule has 0 amide bonds. The molecule has 0 spiro atoms. The third-order valence-corrected chi connectivity index (χ3v) is 4.16. The third-order valence-electron chi connectivity index (χ3n) is 4.16. The van der Waals surface area contributed by atoms with Gasteiger partial charge >= 0.3 is 0 Å². The summed E-state index contributed by atoms with van der Waals surface area (Å²) in [6.07, 6.45) is 0. The fourth-order valence-corrected chi connectivity index (χ4v) is 2.73. The second-order valence-electron chi connectivity index (χ2n) is 5.98. The molecule has 148 valence electrons. The van der Waals surface area contributed by atoms with Crippen molar-refractivity contribution in [1.82, 2.24) is 15.5 Å². The van der Waals surface area contributed by atoms with Crippen LogP contribution in [0.25, 0.3) is 0 Å². The van der Waals surface area contributed by atoms with Gasteiger partial charge in [0, 0.05) is 39.3 Å². The van der Waals surface area contributed by atoms with Gasteiger partial charge in [-0.1, -0.05) is 24.3 Å². The Kier molecular flexibility index (Phi) is 12.6. The third kappa shape index (κ3) is 8.66. The van der Waals surface area contributed by atoms with E-state index < -0.39 is 0 Å². The lowest BCUT2D eigenvalue weighted by atomic mass is 10.1. The van der Waals surface area contributed by atoms with Crippen molar-refractivity contribution < 1.29 is 9.47 Å². The molecule has 1 aromatic rings. The lowest BCUT2D eigenvalue weighted by molar-refractivity contribution is 0.0389. The number of halogens is 1. The van der Waals surface area contributed by atoms with Crippen LogP contribution in [-0.2, 0) is 22.6 Å². The minimum absolute atomic E-state index is 0. The van der Waals surface area contributed by atoms with E-state index in [1.54, 1.807) is 0 Å². The summed E-state index contributed by atoms with van der Waals surface area (Å²) in [5.41, 5.74) is 2.42. The molecule has 1 saturated heterocycles. The van der Waals surface area contributed by atoms with Gasteiger partial charge in [-0.15, -0.1) is 24.0 Å². The minimum Gasteiger partial charge on any atom is -0.379 e. The smallest absolute Gasteiger partial charge is 0.191 e. The molecule has 1 heterocycles. The molecule has 1 aliphatic heterocycles. The molecule has 0 unspecified atom stereocenters. The largest absolute Gasteiger partial charge is 0.379 e. The average molecular weight is 476 g/mol. The Morgan fingerprint density at radius 1 is 1.15 bits per heavy atom. The zero-order chi connectivity index (χ0) is 17.7. The average Bonchev–Trinajstić information content (AvgIpc) is 2.66. The summed E-state index contributed by atoms with van der Waals surface area (Å²) in [6, 6.07) is 8.33. The van der Waals surface area contributed by atoms with E-state index >= 15 is 0 Å². The quantitative estimate of drug-likeness (QED) is 0.325. The number of nitrogens with one attached hydrogen (secondary N) is 2. The van der Waals surface area contributed by atoms with Crippen molar-refractivity contribution >= 4 is 29.9 Å². The van der Waals surface area contributed by atoms with Crippen molar-refractivity contribution in [2.45, 2.75) is 27.0 Å². The molecule has 0 bridgehead atoms. The lowest BCUT2D eigenvalue weighted by Crippen LogP contribution is -2.44. The molecular weight excluding hydrogens is 443 g/mol. The number of hydrogen-bond acceptors (Lipinski definition) is 4. The highest BCUT2D eigenvalue weighted by Gasteiger charge is 2.09. The molecule has 6 nitrogen and oxygen atoms in total. The molecule has 2 N–H and O–H groups in total. The normalized spacial score (nSPS) is 15.4. The maximum Gasteiger partial charge on any atom is 0.191 e. The van der Waals surface area contributed by atoms with Crippen LogP contribution >= 0.6 is 24.0 Å². The highest BCUT2D eigenvalue weighted by atomic mass is 127. The van der Waals surface area contributed by atoms with Gasteiger partial charge in [0.15, 0.2) is 5.96 Å². The maximum absolute atomic E-state index is 5.55. The molecule has 0 aliphatic carbocycles. The number of nitrogens with zero attached hydrogens (tertiary/aromatic N) is 2. The van der Waals surface area contributed by atoms with E-state index in [0.717, 1.165) is 58.5 Å². The Morgan fingerprint density at radius 3 is 2.58 bits per heavy atom.